The van der Waals surface area contributed by atoms with E-state index in [0.717, 1.165) is 6.07 Å². The molecule has 5 N–H and O–H groups in total. The Morgan fingerprint density at radius 3 is 2.25 bits per heavy atom. The third kappa shape index (κ3) is 4.04. The Morgan fingerprint density at radius 1 is 1.15 bits per heavy atom. The van der Waals surface area contributed by atoms with Gasteiger partial charge in [0.1, 0.15) is 17.1 Å². The van der Waals surface area contributed by atoms with Crippen LogP contribution in [0.2, 0.25) is 0 Å². The molecule has 0 heterocycles. The molecule has 0 saturated heterocycles. The maximum atomic E-state index is 13.8. The van der Waals surface area contributed by atoms with Gasteiger partial charge in [-0.3, -0.25) is 19.3 Å². The lowest BCUT2D eigenvalue weighted by Crippen LogP contribution is -2.63. The topological polar surface area (TPSA) is 188 Å². The third-order valence-electron chi connectivity index (χ3n) is 7.53. The maximum absolute atomic E-state index is 13.8. The van der Waals surface area contributed by atoms with Crippen molar-refractivity contribution in [1.29, 1.82) is 0 Å². The van der Waals surface area contributed by atoms with E-state index in [1.807, 2.05) is 0 Å². The summed E-state index contributed by atoms with van der Waals surface area (Å²) in [6.45, 7) is 0. The lowest BCUT2D eigenvalue weighted by molar-refractivity contribution is -0.148. The van der Waals surface area contributed by atoms with Crippen LogP contribution in [0.15, 0.2) is 34.8 Å². The molecule has 0 radical (unpaired) electrons. The average Bonchev–Trinajstić information content (AvgIpc) is 2.79. The van der Waals surface area contributed by atoms with Crippen molar-refractivity contribution in [2.24, 2.45) is 17.6 Å². The summed E-state index contributed by atoms with van der Waals surface area (Å²) < 4.78 is 67.2. The Bertz CT molecular complexity index is 1510. The van der Waals surface area contributed by atoms with Gasteiger partial charge >= 0.3 is 15.6 Å². The zero-order valence-corrected chi connectivity index (χ0v) is 22.4. The molecule has 4 rings (SSSR count). The fourth-order valence-electron chi connectivity index (χ4n) is 5.87. The first-order valence-electron chi connectivity index (χ1n) is 11.8. The van der Waals surface area contributed by atoms with Crippen molar-refractivity contribution in [3.63, 3.8) is 0 Å². The number of allylic oxidation sites excluding steroid dienone is 1. The number of halogens is 3. The van der Waals surface area contributed by atoms with Crippen molar-refractivity contribution < 1.29 is 55.5 Å². The molecule has 0 bridgehead atoms. The van der Waals surface area contributed by atoms with Gasteiger partial charge in [-0.25, -0.2) is 0 Å². The van der Waals surface area contributed by atoms with Gasteiger partial charge in [0.2, 0.25) is 5.78 Å². The SMILES string of the molecule is CN(C)c1ccc(OS(=O)(=O)C(F)(F)F)c2c1CC1CC3C(N(C)C)C(O)=C(C(N)=O)C(=O)[C@@]3(O)C(O)=C1C2=O. The molecule has 16 heteroatoms. The van der Waals surface area contributed by atoms with Crippen molar-refractivity contribution in [3.05, 3.63) is 45.9 Å². The van der Waals surface area contributed by atoms with Gasteiger partial charge in [0.15, 0.2) is 17.1 Å². The van der Waals surface area contributed by atoms with Gasteiger partial charge in [0, 0.05) is 31.3 Å². The molecule has 3 unspecified atom stereocenters. The fraction of sp³-hybridized carbons (Fsp3) is 0.458. The van der Waals surface area contributed by atoms with E-state index in [1.165, 1.54) is 30.0 Å². The number of primary amides is 1. The Hall–Kier alpha value is -3.63. The quantitative estimate of drug-likeness (QED) is 0.215. The summed E-state index contributed by atoms with van der Waals surface area (Å²) in [6, 6.07) is 0.917. The Balaban J connectivity index is 1.98. The predicted molar refractivity (Wildman–Crippen MR) is 132 cm³/mol. The Kier molecular flexibility index (Phi) is 6.76. The number of amides is 1. The summed E-state index contributed by atoms with van der Waals surface area (Å²) in [6.07, 6.45) is -0.351. The van der Waals surface area contributed by atoms with E-state index in [4.69, 9.17) is 5.73 Å². The van der Waals surface area contributed by atoms with Gasteiger partial charge in [-0.05, 0) is 50.6 Å². The predicted octanol–water partition coefficient (Wildman–Crippen LogP) is 0.709. The molecule has 1 aromatic carbocycles. The number of carbonyl (C=O) groups excluding carboxylic acids is 3. The zero-order valence-electron chi connectivity index (χ0n) is 21.6. The Morgan fingerprint density at radius 2 is 1.75 bits per heavy atom. The first kappa shape index (κ1) is 29.4. The smallest absolute Gasteiger partial charge is 0.510 e. The van der Waals surface area contributed by atoms with Crippen LogP contribution in [-0.4, -0.2) is 91.5 Å². The molecule has 4 atom stereocenters. The molecule has 3 aliphatic rings. The van der Waals surface area contributed by atoms with Gasteiger partial charge in [-0.15, -0.1) is 0 Å². The fourth-order valence-corrected chi connectivity index (χ4v) is 6.34. The largest absolute Gasteiger partial charge is 0.534 e. The number of aliphatic hydroxyl groups is 3. The van der Waals surface area contributed by atoms with Gasteiger partial charge in [-0.2, -0.15) is 21.6 Å². The molecule has 3 aliphatic carbocycles. The highest BCUT2D eigenvalue weighted by Gasteiger charge is 2.63. The first-order valence-corrected chi connectivity index (χ1v) is 13.2. The van der Waals surface area contributed by atoms with Crippen LogP contribution in [0.25, 0.3) is 0 Å². The number of alkyl halides is 3. The standard InChI is InChI=1S/C24H26F3N3O9S/c1-29(2)12-5-6-13(39-40(37,38)24(25,26)27)15-10(12)7-9-8-11-17(30(3)4)19(32)16(22(28)35)21(34)23(11,36)20(33)14(9)18(15)31/h5-6,9,11,17,32-33,36H,7-8H2,1-4H3,(H2,28,35)/t9?,11?,17?,23-/m0/s1. The molecule has 1 aromatic rings. The summed E-state index contributed by atoms with van der Waals surface area (Å²) in [5, 5.41) is 33.7. The Labute approximate surface area is 226 Å². The number of hydrogen-bond acceptors (Lipinski definition) is 11. The number of aliphatic hydroxyl groups excluding tert-OH is 2. The molecule has 0 aromatic heterocycles. The number of fused-ring (bicyclic) bond motifs is 3. The number of benzene rings is 1. The minimum atomic E-state index is -6.20. The maximum Gasteiger partial charge on any atom is 0.534 e. The molecule has 40 heavy (non-hydrogen) atoms. The highest BCUT2D eigenvalue weighted by atomic mass is 32.2. The molecule has 12 nitrogen and oxygen atoms in total. The van der Waals surface area contributed by atoms with Crippen LogP contribution in [0.1, 0.15) is 22.3 Å². The van der Waals surface area contributed by atoms with E-state index in [2.05, 4.69) is 4.18 Å². The van der Waals surface area contributed by atoms with Crippen molar-refractivity contribution in [2.75, 3.05) is 33.1 Å². The van der Waals surface area contributed by atoms with Crippen molar-refractivity contribution in [2.45, 2.75) is 30.0 Å². The van der Waals surface area contributed by atoms with E-state index in [1.54, 1.807) is 14.1 Å². The van der Waals surface area contributed by atoms with Gasteiger partial charge in [0.05, 0.1) is 11.6 Å². The van der Waals surface area contributed by atoms with Crippen LogP contribution in [-0.2, 0) is 26.1 Å². The number of nitrogens with zero attached hydrogens (tertiary/aromatic N) is 2. The van der Waals surface area contributed by atoms with Crippen LogP contribution in [0.4, 0.5) is 18.9 Å². The zero-order chi connectivity index (χ0) is 30.3. The molecule has 0 aliphatic heterocycles. The number of likely N-dealkylation sites (N-methyl/N-ethyl adjacent to an activating group) is 1. The van der Waals surface area contributed by atoms with Crippen molar-refractivity contribution in [1.82, 2.24) is 4.90 Å². The van der Waals surface area contributed by atoms with Crippen LogP contribution in [0.3, 0.4) is 0 Å². The highest BCUT2D eigenvalue weighted by Crippen LogP contribution is 2.53. The minimum absolute atomic E-state index is 0.109. The van der Waals surface area contributed by atoms with Crippen LogP contribution >= 0.6 is 0 Å². The lowest BCUT2D eigenvalue weighted by atomic mass is 9.58. The second-order valence-corrected chi connectivity index (χ2v) is 11.8. The van der Waals surface area contributed by atoms with E-state index in [9.17, 15) is 51.3 Å². The van der Waals surface area contributed by atoms with Gasteiger partial charge in [-0.1, -0.05) is 0 Å². The molecular weight excluding hydrogens is 563 g/mol. The molecule has 1 amide bonds. The molecular formula is C24H26F3N3O9S. The first-order chi connectivity index (χ1) is 18.3. The summed E-state index contributed by atoms with van der Waals surface area (Å²) in [5.74, 6) is -9.12. The monoisotopic (exact) mass is 589 g/mol. The number of hydrogen-bond donors (Lipinski definition) is 4. The van der Waals surface area contributed by atoms with Crippen molar-refractivity contribution in [3.8, 4) is 5.75 Å². The second kappa shape index (κ2) is 9.21. The van der Waals surface area contributed by atoms with Gasteiger partial charge < -0.3 is 30.1 Å². The number of nitrogens with two attached hydrogens (primary N) is 1. The van der Waals surface area contributed by atoms with Crippen LogP contribution < -0.4 is 14.8 Å². The van der Waals surface area contributed by atoms with Crippen LogP contribution in [0.5, 0.6) is 5.75 Å². The van der Waals surface area contributed by atoms with E-state index < -0.39 is 90.6 Å². The van der Waals surface area contributed by atoms with Gasteiger partial charge in [0.25, 0.3) is 5.91 Å². The number of anilines is 1. The summed E-state index contributed by atoms with van der Waals surface area (Å²) >= 11 is 0. The van der Waals surface area contributed by atoms with E-state index in [0.29, 0.717) is 5.69 Å². The number of Topliss-reactive ketones (excluding diaryl/α,β-unsaturated/α-hetero) is 2. The number of ketones is 2. The summed E-state index contributed by atoms with van der Waals surface area (Å²) in [5.41, 5.74) is -5.17. The van der Waals surface area contributed by atoms with Crippen molar-refractivity contribution >= 4 is 33.3 Å². The average molecular weight is 590 g/mol. The highest BCUT2D eigenvalue weighted by molar-refractivity contribution is 7.88. The van der Waals surface area contributed by atoms with E-state index in [-0.39, 0.29) is 18.4 Å². The third-order valence-corrected chi connectivity index (χ3v) is 8.50. The molecule has 0 fully saturated rings. The normalized spacial score (nSPS) is 26.9. The van der Waals surface area contributed by atoms with E-state index >= 15 is 0 Å². The molecule has 0 saturated carbocycles. The molecule has 0 spiro atoms. The minimum Gasteiger partial charge on any atom is -0.510 e. The lowest BCUT2D eigenvalue weighted by Gasteiger charge is -2.50. The summed E-state index contributed by atoms with van der Waals surface area (Å²) in [7, 11) is -0.103. The number of rotatable bonds is 5. The molecule has 218 valence electrons. The second-order valence-electron chi connectivity index (χ2n) is 10.3. The number of carbonyl (C=O) groups is 3. The summed E-state index contributed by atoms with van der Waals surface area (Å²) in [4.78, 5) is 42.1. The van der Waals surface area contributed by atoms with Crippen LogP contribution in [0, 0.1) is 11.8 Å².